The van der Waals surface area contributed by atoms with Crippen LogP contribution in [0.15, 0.2) is 54.6 Å². The van der Waals surface area contributed by atoms with Gasteiger partial charge >= 0.3 is 5.92 Å². The highest BCUT2D eigenvalue weighted by molar-refractivity contribution is 6.03. The first-order chi connectivity index (χ1) is 29.5. The Morgan fingerprint density at radius 1 is 0.935 bits per heavy atom. The molecular formula is C46H54F3N7O6. The smallest absolute Gasteiger partial charge is 0.342 e. The van der Waals surface area contributed by atoms with E-state index in [0.717, 1.165) is 56.6 Å². The number of carbonyl (C=O) groups excluding carboxylic acids is 5. The number of hydrogen-bond donors (Lipinski definition) is 3. The van der Waals surface area contributed by atoms with Gasteiger partial charge in [-0.05, 0) is 131 Å². The molecule has 3 aromatic carbocycles. The van der Waals surface area contributed by atoms with Crippen LogP contribution in [0.25, 0.3) is 0 Å². The molecule has 0 radical (unpaired) electrons. The Balaban J connectivity index is 0.803. The molecule has 3 N–H and O–H groups in total. The van der Waals surface area contributed by atoms with Crippen molar-refractivity contribution in [3.05, 3.63) is 71.5 Å². The highest BCUT2D eigenvalue weighted by Crippen LogP contribution is 2.49. The van der Waals surface area contributed by atoms with E-state index in [1.807, 2.05) is 0 Å². The maximum absolute atomic E-state index is 15.3. The Hall–Kier alpha value is -5.64. The Kier molecular flexibility index (Phi) is 11.7. The molecule has 5 aliphatic rings. The minimum absolute atomic E-state index is 0.0548. The van der Waals surface area contributed by atoms with Gasteiger partial charge in [0.25, 0.3) is 11.8 Å². The van der Waals surface area contributed by atoms with Crippen molar-refractivity contribution < 1.29 is 41.9 Å². The zero-order chi connectivity index (χ0) is 44.1. The van der Waals surface area contributed by atoms with Crippen molar-refractivity contribution >= 4 is 58.0 Å². The zero-order valence-corrected chi connectivity index (χ0v) is 35.6. The van der Waals surface area contributed by atoms with Crippen LogP contribution in [0.3, 0.4) is 0 Å². The van der Waals surface area contributed by atoms with Crippen LogP contribution in [-0.2, 0) is 19.2 Å². The highest BCUT2D eigenvalue weighted by atomic mass is 19.3. The van der Waals surface area contributed by atoms with Gasteiger partial charge in [0, 0.05) is 56.3 Å². The Morgan fingerprint density at radius 3 is 2.35 bits per heavy atom. The van der Waals surface area contributed by atoms with E-state index in [2.05, 4.69) is 20.9 Å². The number of piperidine rings is 3. The third kappa shape index (κ3) is 8.57. The molecule has 4 heterocycles. The lowest BCUT2D eigenvalue weighted by molar-refractivity contribution is -0.140. The number of amides is 5. The van der Waals surface area contributed by atoms with Gasteiger partial charge in [-0.2, -0.15) is 8.78 Å². The molecule has 16 heteroatoms. The van der Waals surface area contributed by atoms with Gasteiger partial charge in [0.2, 0.25) is 17.7 Å². The molecule has 1 aliphatic carbocycles. The fourth-order valence-corrected chi connectivity index (χ4v) is 10.0. The fraction of sp³-hybridized carbons (Fsp3) is 0.500. The van der Waals surface area contributed by atoms with E-state index in [1.54, 1.807) is 62.4 Å². The molecule has 1 saturated carbocycles. The highest BCUT2D eigenvalue weighted by Gasteiger charge is 2.48. The topological polar surface area (TPSA) is 144 Å². The van der Waals surface area contributed by atoms with E-state index < -0.39 is 36.0 Å². The predicted octanol–water partition coefficient (Wildman–Crippen LogP) is 6.34. The number of methoxy groups -OCH3 is 1. The molecule has 2 atom stereocenters. The van der Waals surface area contributed by atoms with Gasteiger partial charge in [0.15, 0.2) is 0 Å². The van der Waals surface area contributed by atoms with Gasteiger partial charge in [-0.1, -0.05) is 6.07 Å². The average Bonchev–Trinajstić information content (AvgIpc) is 3.29. The number of anilines is 5. The van der Waals surface area contributed by atoms with Crippen molar-refractivity contribution in [2.24, 2.45) is 11.3 Å². The molecule has 0 aromatic heterocycles. The number of alkyl halides is 2. The summed E-state index contributed by atoms with van der Waals surface area (Å²) in [4.78, 5) is 69.5. The van der Waals surface area contributed by atoms with Crippen LogP contribution in [0.4, 0.5) is 41.6 Å². The number of halogens is 3. The lowest BCUT2D eigenvalue weighted by Crippen LogP contribution is -2.55. The Labute approximate surface area is 359 Å². The number of rotatable bonds is 10. The summed E-state index contributed by atoms with van der Waals surface area (Å²) >= 11 is 0. The van der Waals surface area contributed by atoms with Gasteiger partial charge in [0.1, 0.15) is 11.6 Å². The van der Waals surface area contributed by atoms with Crippen molar-refractivity contribution in [2.45, 2.75) is 89.1 Å². The van der Waals surface area contributed by atoms with E-state index in [4.69, 9.17) is 4.74 Å². The summed E-state index contributed by atoms with van der Waals surface area (Å²) in [6.07, 6.45) is 5.44. The number of hydrogen-bond acceptors (Lipinski definition) is 9. The summed E-state index contributed by atoms with van der Waals surface area (Å²) in [5.74, 6) is -6.39. The third-order valence-corrected chi connectivity index (χ3v) is 13.6. The molecular weight excluding hydrogens is 804 g/mol. The molecule has 5 amide bonds. The molecule has 62 heavy (non-hydrogen) atoms. The average molecular weight is 858 g/mol. The van der Waals surface area contributed by atoms with Gasteiger partial charge in [0.05, 0.1) is 42.3 Å². The third-order valence-electron chi connectivity index (χ3n) is 13.6. The van der Waals surface area contributed by atoms with E-state index in [0.29, 0.717) is 59.0 Å². The zero-order valence-electron chi connectivity index (χ0n) is 35.6. The maximum Gasteiger partial charge on any atom is 0.342 e. The van der Waals surface area contributed by atoms with Crippen molar-refractivity contribution in [3.63, 3.8) is 0 Å². The van der Waals surface area contributed by atoms with Gasteiger partial charge < -0.3 is 35.0 Å². The van der Waals surface area contributed by atoms with Crippen LogP contribution in [0.2, 0.25) is 0 Å². The van der Waals surface area contributed by atoms with Crippen LogP contribution in [-0.4, -0.2) is 99.3 Å². The molecule has 1 spiro atoms. The number of ether oxygens (including phenoxy) is 1. The van der Waals surface area contributed by atoms with Crippen molar-refractivity contribution in [3.8, 4) is 5.75 Å². The SMILES string of the molecule is COc1cc(C(=O)NC2CC3(CCN(CC4CCN(c5ccc(C6CCC(=O)NC6=O)cc5F)C(=O)C4)CC3)C2)ccc1Nc1ccc2c(c1)N(C(C)C)CC(F)(F)C(=O)N2C. The maximum atomic E-state index is 15.3. The second-order valence-corrected chi connectivity index (χ2v) is 18.0. The number of carbonyl (C=O) groups is 5. The number of benzene rings is 3. The molecule has 4 fully saturated rings. The largest absolute Gasteiger partial charge is 0.495 e. The van der Waals surface area contributed by atoms with E-state index in [9.17, 15) is 32.8 Å². The van der Waals surface area contributed by atoms with Crippen molar-refractivity contribution in [1.82, 2.24) is 15.5 Å². The summed E-state index contributed by atoms with van der Waals surface area (Å²) in [5, 5.41) is 8.80. The van der Waals surface area contributed by atoms with Crippen LogP contribution in [0, 0.1) is 17.2 Å². The second kappa shape index (κ2) is 16.9. The molecule has 4 aliphatic heterocycles. The number of imide groups is 1. The van der Waals surface area contributed by atoms with Gasteiger partial charge in [-0.3, -0.25) is 29.3 Å². The number of nitrogens with one attached hydrogen (secondary N) is 3. The monoisotopic (exact) mass is 857 g/mol. The molecule has 13 nitrogen and oxygen atoms in total. The summed E-state index contributed by atoms with van der Waals surface area (Å²) in [6.45, 7) is 5.93. The van der Waals surface area contributed by atoms with E-state index in [-0.39, 0.29) is 53.2 Å². The summed E-state index contributed by atoms with van der Waals surface area (Å²) < 4.78 is 50.6. The first-order valence-electron chi connectivity index (χ1n) is 21.5. The normalized spacial score (nSPS) is 22.9. The molecule has 2 unspecified atom stereocenters. The van der Waals surface area contributed by atoms with Crippen LogP contribution in [0.1, 0.15) is 87.1 Å². The Bertz CT molecular complexity index is 2270. The molecule has 0 bridgehead atoms. The van der Waals surface area contributed by atoms with E-state index in [1.165, 1.54) is 30.0 Å². The predicted molar refractivity (Wildman–Crippen MR) is 229 cm³/mol. The van der Waals surface area contributed by atoms with Crippen molar-refractivity contribution in [1.29, 1.82) is 0 Å². The Morgan fingerprint density at radius 2 is 1.68 bits per heavy atom. The summed E-state index contributed by atoms with van der Waals surface area (Å²) in [5.41, 5.74) is 3.40. The standard InChI is InChI=1S/C46H54F3N7O6/c1-27(2)56-26-46(48,49)44(61)53(3)37-11-7-31(22-38(37)56)50-35-9-5-30(21-39(35)62-4)42(59)51-32-23-45(24-32)14-17-54(18-15-45)25-28-13-16-55(41(58)19-28)36-10-6-29(20-34(36)47)33-8-12-40(57)52-43(33)60/h5-7,9-11,20-22,27-28,32-33,50H,8,12-19,23-26H2,1-4H3,(H,51,59)(H,52,57,60). The van der Waals surface area contributed by atoms with Gasteiger partial charge in [-0.25, -0.2) is 4.39 Å². The molecule has 3 aromatic rings. The lowest BCUT2D eigenvalue weighted by Gasteiger charge is -2.52. The lowest BCUT2D eigenvalue weighted by atomic mass is 9.60. The minimum atomic E-state index is -3.54. The van der Waals surface area contributed by atoms with Gasteiger partial charge in [-0.15, -0.1) is 0 Å². The van der Waals surface area contributed by atoms with Crippen LogP contribution >= 0.6 is 0 Å². The minimum Gasteiger partial charge on any atom is -0.495 e. The quantitative estimate of drug-likeness (QED) is 0.199. The molecule has 8 rings (SSSR count). The fourth-order valence-electron chi connectivity index (χ4n) is 10.0. The summed E-state index contributed by atoms with van der Waals surface area (Å²) in [7, 11) is 2.87. The number of fused-ring (bicyclic) bond motifs is 1. The number of likely N-dealkylation sites (tertiary alicyclic amines) is 1. The molecule has 3 saturated heterocycles. The van der Waals surface area contributed by atoms with Crippen LogP contribution in [0.5, 0.6) is 5.75 Å². The van der Waals surface area contributed by atoms with E-state index >= 15 is 4.39 Å². The second-order valence-electron chi connectivity index (χ2n) is 18.0. The summed E-state index contributed by atoms with van der Waals surface area (Å²) in [6, 6.07) is 14.5. The first-order valence-corrected chi connectivity index (χ1v) is 21.5. The first kappa shape index (κ1) is 43.0. The van der Waals surface area contributed by atoms with Crippen LogP contribution < -0.4 is 35.4 Å². The number of nitrogens with zero attached hydrogens (tertiary/aromatic N) is 4. The van der Waals surface area contributed by atoms with Crippen molar-refractivity contribution in [2.75, 3.05) is 66.9 Å². The molecule has 330 valence electrons.